The van der Waals surface area contributed by atoms with Crippen molar-refractivity contribution in [2.75, 3.05) is 11.6 Å². The molecule has 4 aromatic rings. The molecule has 0 unspecified atom stereocenters. The van der Waals surface area contributed by atoms with E-state index in [1.54, 1.807) is 12.4 Å². The van der Waals surface area contributed by atoms with Crippen LogP contribution in [0.3, 0.4) is 0 Å². The fraction of sp³-hybridized carbons (Fsp3) is 0. The van der Waals surface area contributed by atoms with Crippen LogP contribution in [0.15, 0.2) is 54.0 Å². The highest BCUT2D eigenvalue weighted by Gasteiger charge is 2.18. The third-order valence-electron chi connectivity index (χ3n) is 4.11. The first-order valence-electron chi connectivity index (χ1n) is 7.79. The summed E-state index contributed by atoms with van der Waals surface area (Å²) in [5.41, 5.74) is 7.62. The van der Waals surface area contributed by atoms with Crippen molar-refractivity contribution >= 4 is 11.5 Å². The highest BCUT2D eigenvalue weighted by Crippen LogP contribution is 2.30. The van der Waals surface area contributed by atoms with Crippen LogP contribution in [0.4, 0.5) is 14.6 Å². The molecule has 0 spiro atoms. The smallest absolute Gasteiger partial charge is 0.213 e. The topological polar surface area (TPSA) is 126 Å². The van der Waals surface area contributed by atoms with Gasteiger partial charge in [-0.3, -0.25) is 0 Å². The molecule has 0 amide bonds. The zero-order valence-corrected chi connectivity index (χ0v) is 13.8. The molecule has 0 fully saturated rings. The molecule has 1 aromatic carbocycles. The molecule has 0 aliphatic heterocycles. The number of hydrogen-bond donors (Lipinski definition) is 3. The lowest BCUT2D eigenvalue weighted by molar-refractivity contribution is 0.628. The lowest BCUT2D eigenvalue weighted by atomic mass is 10.0. The van der Waals surface area contributed by atoms with Gasteiger partial charge in [0.25, 0.3) is 0 Å². The Bertz CT molecular complexity index is 1220. The van der Waals surface area contributed by atoms with E-state index in [4.69, 9.17) is 17.4 Å². The number of nitrogens with zero attached hydrogens (tertiary/aromatic N) is 5. The van der Waals surface area contributed by atoms with E-state index in [-0.39, 0.29) is 17.0 Å². The zero-order valence-electron chi connectivity index (χ0n) is 13.8. The number of imidazole rings is 1. The van der Waals surface area contributed by atoms with Crippen molar-refractivity contribution in [1.82, 2.24) is 19.0 Å². The van der Waals surface area contributed by atoms with Crippen LogP contribution in [0.25, 0.3) is 28.2 Å². The Morgan fingerprint density at radius 1 is 1.07 bits per heavy atom. The monoisotopic (exact) mass is 368 g/mol. The maximum atomic E-state index is 14.5. The van der Waals surface area contributed by atoms with Crippen molar-refractivity contribution in [1.29, 1.82) is 0 Å². The van der Waals surface area contributed by atoms with Gasteiger partial charge in [0.1, 0.15) is 5.82 Å². The number of halogens is 2. The third-order valence-corrected chi connectivity index (χ3v) is 4.11. The minimum Gasteiger partial charge on any atom is -0.380 e. The normalized spacial score (nSPS) is 12.0. The average molecular weight is 368 g/mol. The number of fused-ring (bicyclic) bond motifs is 1. The van der Waals surface area contributed by atoms with E-state index in [9.17, 15) is 8.78 Å². The molecule has 0 saturated carbocycles. The standard InChI is InChI=1S/C17H14F2N8/c18-11-3-1-9(2-4-11)13-14(27(22)17(25-21)15(20)24-13)10-7-12(19)16-23-5-6-26(16)8-10/h1-8H,21-22H2,(H2,20,24)/b25-17-. The van der Waals surface area contributed by atoms with Crippen molar-refractivity contribution in [3.63, 3.8) is 0 Å². The fourth-order valence-electron chi connectivity index (χ4n) is 2.90. The van der Waals surface area contributed by atoms with Crippen LogP contribution >= 0.6 is 0 Å². The molecule has 0 aliphatic rings. The number of hydrogen-bond acceptors (Lipinski definition) is 6. The Labute approximate surface area is 151 Å². The Morgan fingerprint density at radius 3 is 2.52 bits per heavy atom. The number of aromatic nitrogens is 4. The molecular formula is C17H14F2N8. The molecule has 6 N–H and O–H groups in total. The van der Waals surface area contributed by atoms with Crippen LogP contribution in [-0.4, -0.2) is 19.0 Å². The summed E-state index contributed by atoms with van der Waals surface area (Å²) in [5, 5.41) is 3.56. The summed E-state index contributed by atoms with van der Waals surface area (Å²) in [6.45, 7) is 0. The third kappa shape index (κ3) is 2.63. The van der Waals surface area contributed by atoms with E-state index in [1.165, 1.54) is 40.9 Å². The average Bonchev–Trinajstić information content (AvgIpc) is 3.11. The second kappa shape index (κ2) is 6.09. The quantitative estimate of drug-likeness (QED) is 0.362. The molecule has 0 saturated heterocycles. The molecule has 3 aromatic heterocycles. The first kappa shape index (κ1) is 16.5. The molecule has 0 aliphatic carbocycles. The Balaban J connectivity index is 2.09. The minimum absolute atomic E-state index is 0.0157. The molecule has 8 nitrogen and oxygen atoms in total. The van der Waals surface area contributed by atoms with Gasteiger partial charge in [-0.15, -0.1) is 0 Å². The van der Waals surface area contributed by atoms with Gasteiger partial charge in [-0.25, -0.2) is 23.4 Å². The highest BCUT2D eigenvalue weighted by atomic mass is 19.1. The van der Waals surface area contributed by atoms with Gasteiger partial charge < -0.3 is 21.8 Å². The van der Waals surface area contributed by atoms with Crippen LogP contribution in [-0.2, 0) is 0 Å². The molecule has 4 rings (SSSR count). The second-order valence-corrected chi connectivity index (χ2v) is 5.76. The summed E-state index contributed by atoms with van der Waals surface area (Å²) in [5.74, 6) is 10.6. The van der Waals surface area contributed by atoms with Crippen LogP contribution in [0.2, 0.25) is 0 Å². The summed E-state index contributed by atoms with van der Waals surface area (Å²) in [6, 6.07) is 6.86. The van der Waals surface area contributed by atoms with Gasteiger partial charge in [-0.1, -0.05) is 0 Å². The molecule has 0 atom stereocenters. The summed E-state index contributed by atoms with van der Waals surface area (Å²) >= 11 is 0. The van der Waals surface area contributed by atoms with Crippen molar-refractivity contribution in [2.45, 2.75) is 0 Å². The Hall–Kier alpha value is -3.95. The van der Waals surface area contributed by atoms with Crippen LogP contribution < -0.4 is 22.9 Å². The van der Waals surface area contributed by atoms with Crippen LogP contribution in [0.5, 0.6) is 0 Å². The van der Waals surface area contributed by atoms with Crippen molar-refractivity contribution in [3.8, 4) is 22.5 Å². The lowest BCUT2D eigenvalue weighted by Gasteiger charge is -2.16. The predicted octanol–water partition coefficient (Wildman–Crippen LogP) is 1.21. The Kier molecular flexibility index (Phi) is 3.73. The van der Waals surface area contributed by atoms with E-state index in [0.29, 0.717) is 22.5 Å². The van der Waals surface area contributed by atoms with Gasteiger partial charge in [0, 0.05) is 29.7 Å². The number of anilines is 1. The molecule has 0 bridgehead atoms. The van der Waals surface area contributed by atoms with Gasteiger partial charge >= 0.3 is 0 Å². The fourth-order valence-corrected chi connectivity index (χ4v) is 2.90. The van der Waals surface area contributed by atoms with Crippen molar-refractivity contribution in [3.05, 3.63) is 66.0 Å². The molecule has 136 valence electrons. The maximum absolute atomic E-state index is 14.5. The Morgan fingerprint density at radius 2 is 1.81 bits per heavy atom. The summed E-state index contributed by atoms with van der Waals surface area (Å²) < 4.78 is 30.4. The van der Waals surface area contributed by atoms with E-state index in [1.807, 2.05) is 0 Å². The van der Waals surface area contributed by atoms with Gasteiger partial charge in [-0.05, 0) is 30.3 Å². The largest absolute Gasteiger partial charge is 0.380 e. The maximum Gasteiger partial charge on any atom is 0.213 e. The summed E-state index contributed by atoms with van der Waals surface area (Å²) in [6.07, 6.45) is 4.70. The molecular weight excluding hydrogens is 354 g/mol. The summed E-state index contributed by atoms with van der Waals surface area (Å²) in [7, 11) is 0. The molecule has 27 heavy (non-hydrogen) atoms. The number of benzene rings is 1. The zero-order chi connectivity index (χ0) is 19.1. The number of pyridine rings is 1. The highest BCUT2D eigenvalue weighted by molar-refractivity contribution is 5.79. The van der Waals surface area contributed by atoms with Gasteiger partial charge in [-0.2, -0.15) is 5.10 Å². The van der Waals surface area contributed by atoms with Crippen molar-refractivity contribution < 1.29 is 8.78 Å². The number of nitrogens with two attached hydrogens (primary N) is 3. The molecule has 0 radical (unpaired) electrons. The van der Waals surface area contributed by atoms with E-state index in [2.05, 4.69) is 15.1 Å². The van der Waals surface area contributed by atoms with Gasteiger partial charge in [0.05, 0.1) is 11.4 Å². The first-order chi connectivity index (χ1) is 13.0. The van der Waals surface area contributed by atoms with E-state index in [0.717, 1.165) is 4.68 Å². The van der Waals surface area contributed by atoms with Crippen LogP contribution in [0.1, 0.15) is 0 Å². The number of rotatable bonds is 2. The second-order valence-electron chi connectivity index (χ2n) is 5.76. The first-order valence-corrected chi connectivity index (χ1v) is 7.79. The van der Waals surface area contributed by atoms with E-state index < -0.39 is 11.6 Å². The molecule has 3 heterocycles. The minimum atomic E-state index is -0.550. The van der Waals surface area contributed by atoms with Crippen molar-refractivity contribution in [2.24, 2.45) is 10.9 Å². The van der Waals surface area contributed by atoms with Gasteiger partial charge in [0.15, 0.2) is 17.3 Å². The number of nitrogen functional groups attached to an aromatic ring is 2. The summed E-state index contributed by atoms with van der Waals surface area (Å²) in [4.78, 5) is 8.26. The SMILES string of the molecule is N/N=c1/c(N)nc(-c2ccc(F)cc2)c(-c2cc(F)c3nccn3c2)n1N. The van der Waals surface area contributed by atoms with Gasteiger partial charge in [0.2, 0.25) is 5.49 Å². The van der Waals surface area contributed by atoms with E-state index >= 15 is 0 Å². The molecule has 10 heteroatoms. The van der Waals surface area contributed by atoms with Crippen LogP contribution in [0, 0.1) is 11.6 Å². The lowest BCUT2D eigenvalue weighted by Crippen LogP contribution is -2.34. The predicted molar refractivity (Wildman–Crippen MR) is 96.1 cm³/mol.